The number of hydrogen-bond acceptors (Lipinski definition) is 9. The lowest BCUT2D eigenvalue weighted by atomic mass is 10.1. The Morgan fingerprint density at radius 3 is 2.41 bits per heavy atom. The molecule has 176 valence electrons. The molecule has 2 aromatic carbocycles. The topological polar surface area (TPSA) is 146 Å². The van der Waals surface area contributed by atoms with Gasteiger partial charge in [0.1, 0.15) is 5.25 Å². The molecule has 9 nitrogen and oxygen atoms in total. The maximum atomic E-state index is 12.6. The third kappa shape index (κ3) is 5.26. The van der Waals surface area contributed by atoms with Crippen molar-refractivity contribution < 1.29 is 14.1 Å². The number of aliphatic hydroxyl groups is 1. The van der Waals surface area contributed by atoms with E-state index >= 15 is 0 Å². The van der Waals surface area contributed by atoms with Crippen LogP contribution < -0.4 is 11.1 Å². The lowest BCUT2D eigenvalue weighted by Gasteiger charge is -2.17. The molecular weight excluding hydrogens is 452 g/mol. The first-order valence-corrected chi connectivity index (χ1v) is 12.0. The van der Waals surface area contributed by atoms with E-state index in [2.05, 4.69) is 25.5 Å². The number of nitrogen functional groups attached to an aromatic ring is 1. The molecule has 2 atom stereocenters. The van der Waals surface area contributed by atoms with Crippen molar-refractivity contribution in [3.8, 4) is 34.3 Å². The fourth-order valence-corrected chi connectivity index (χ4v) is 4.57. The molecule has 0 aliphatic heterocycles. The average molecular weight is 479 g/mol. The van der Waals surface area contributed by atoms with Crippen LogP contribution in [0.3, 0.4) is 0 Å². The summed E-state index contributed by atoms with van der Waals surface area (Å²) in [5.74, 6) is 0.719. The Morgan fingerprint density at radius 1 is 1.06 bits per heavy atom. The quantitative estimate of drug-likeness (QED) is 0.309. The Bertz CT molecular complexity index is 1230. The number of nitrogens with one attached hydrogen (secondary N) is 1. The van der Waals surface area contributed by atoms with Gasteiger partial charge in [0.2, 0.25) is 5.89 Å². The Hall–Kier alpha value is -3.31. The van der Waals surface area contributed by atoms with E-state index in [9.17, 15) is 4.55 Å². The minimum Gasteiger partial charge on any atom is -0.611 e. The van der Waals surface area contributed by atoms with Crippen LogP contribution in [0.2, 0.25) is 0 Å². The van der Waals surface area contributed by atoms with E-state index in [1.807, 2.05) is 50.4 Å². The summed E-state index contributed by atoms with van der Waals surface area (Å²) in [5.41, 5.74) is 9.64. The van der Waals surface area contributed by atoms with E-state index in [-0.39, 0.29) is 23.6 Å². The Kier molecular flexibility index (Phi) is 7.53. The molecule has 0 amide bonds. The molecular formula is C24H26N6O3S. The minimum absolute atomic E-state index is 0.00776. The molecule has 0 bridgehead atoms. The van der Waals surface area contributed by atoms with Gasteiger partial charge < -0.3 is 25.1 Å². The van der Waals surface area contributed by atoms with Crippen LogP contribution in [-0.4, -0.2) is 48.7 Å². The van der Waals surface area contributed by atoms with Crippen LogP contribution in [-0.2, 0) is 17.7 Å². The van der Waals surface area contributed by atoms with Gasteiger partial charge in [-0.25, -0.2) is 9.97 Å². The minimum atomic E-state index is -1.20. The molecule has 4 aromatic rings. The van der Waals surface area contributed by atoms with Gasteiger partial charge in [-0.05, 0) is 67.1 Å². The van der Waals surface area contributed by atoms with Gasteiger partial charge in [-0.3, -0.25) is 0 Å². The van der Waals surface area contributed by atoms with E-state index < -0.39 is 11.2 Å². The molecule has 2 aromatic heterocycles. The summed E-state index contributed by atoms with van der Waals surface area (Å²) in [6, 6.07) is 15.1. The largest absolute Gasteiger partial charge is 0.611 e. The zero-order valence-corrected chi connectivity index (χ0v) is 19.7. The average Bonchev–Trinajstić information content (AvgIpc) is 3.35. The molecule has 4 N–H and O–H groups in total. The van der Waals surface area contributed by atoms with Crippen molar-refractivity contribution in [2.24, 2.45) is 0 Å². The maximum absolute atomic E-state index is 12.6. The highest BCUT2D eigenvalue weighted by molar-refractivity contribution is 7.92. The third-order valence-electron chi connectivity index (χ3n) is 5.29. The summed E-state index contributed by atoms with van der Waals surface area (Å²) in [7, 11) is 1.90. The fourth-order valence-electron chi connectivity index (χ4n) is 3.38. The van der Waals surface area contributed by atoms with E-state index in [0.717, 1.165) is 23.2 Å². The van der Waals surface area contributed by atoms with Gasteiger partial charge in [-0.1, -0.05) is 12.1 Å². The molecule has 2 unspecified atom stereocenters. The van der Waals surface area contributed by atoms with E-state index in [1.54, 1.807) is 18.3 Å². The number of hydrogen-bond donors (Lipinski definition) is 3. The predicted molar refractivity (Wildman–Crippen MR) is 131 cm³/mol. The summed E-state index contributed by atoms with van der Waals surface area (Å²) >= 11 is -1.20. The molecule has 0 saturated carbocycles. The molecule has 0 radical (unpaired) electrons. The predicted octanol–water partition coefficient (Wildman–Crippen LogP) is 3.04. The van der Waals surface area contributed by atoms with Gasteiger partial charge in [0.25, 0.3) is 5.89 Å². The first-order chi connectivity index (χ1) is 16.5. The number of benzene rings is 2. The first kappa shape index (κ1) is 23.8. The summed E-state index contributed by atoms with van der Waals surface area (Å²) < 4.78 is 18.4. The van der Waals surface area contributed by atoms with E-state index in [4.69, 9.17) is 15.3 Å². The van der Waals surface area contributed by atoms with Crippen molar-refractivity contribution in [1.82, 2.24) is 25.5 Å². The molecule has 0 saturated heterocycles. The summed E-state index contributed by atoms with van der Waals surface area (Å²) in [4.78, 5) is 9.54. The molecule has 0 fully saturated rings. The highest BCUT2D eigenvalue weighted by Crippen LogP contribution is 2.29. The second-order valence-electron chi connectivity index (χ2n) is 7.77. The zero-order valence-electron chi connectivity index (χ0n) is 18.9. The van der Waals surface area contributed by atoms with E-state index in [1.165, 1.54) is 0 Å². The first-order valence-electron chi connectivity index (χ1n) is 10.8. The number of nitrogens with zero attached hydrogens (tertiary/aromatic N) is 4. The van der Waals surface area contributed by atoms with Gasteiger partial charge in [-0.2, -0.15) is 0 Å². The summed E-state index contributed by atoms with van der Waals surface area (Å²) in [6.07, 6.45) is 2.05. The number of anilines is 1. The lowest BCUT2D eigenvalue weighted by Crippen LogP contribution is -2.19. The second-order valence-corrected chi connectivity index (χ2v) is 9.64. The third-order valence-corrected chi connectivity index (χ3v) is 7.00. The van der Waals surface area contributed by atoms with Crippen LogP contribution in [0.15, 0.2) is 64.0 Å². The molecule has 4 rings (SSSR count). The second kappa shape index (κ2) is 10.7. The summed E-state index contributed by atoms with van der Waals surface area (Å²) in [6.45, 7) is 2.63. The van der Waals surface area contributed by atoms with Crippen molar-refractivity contribution >= 4 is 17.0 Å². The molecule has 10 heteroatoms. The molecule has 0 spiro atoms. The number of rotatable bonds is 9. The smallest absolute Gasteiger partial charge is 0.270 e. The molecule has 2 heterocycles. The molecule has 0 aliphatic carbocycles. The van der Waals surface area contributed by atoms with Crippen LogP contribution in [0.4, 0.5) is 5.82 Å². The van der Waals surface area contributed by atoms with E-state index in [0.29, 0.717) is 28.6 Å². The Morgan fingerprint density at radius 2 is 1.74 bits per heavy atom. The van der Waals surface area contributed by atoms with Crippen molar-refractivity contribution in [2.45, 2.75) is 30.0 Å². The number of aliphatic hydroxyl groups excluding tert-OH is 1. The molecule has 34 heavy (non-hydrogen) atoms. The van der Waals surface area contributed by atoms with Crippen LogP contribution in [0, 0.1) is 0 Å². The zero-order chi connectivity index (χ0) is 24.1. The summed E-state index contributed by atoms with van der Waals surface area (Å²) in [5, 5.41) is 20.3. The van der Waals surface area contributed by atoms with Crippen LogP contribution in [0.1, 0.15) is 18.9 Å². The van der Waals surface area contributed by atoms with Crippen LogP contribution >= 0.6 is 0 Å². The van der Waals surface area contributed by atoms with Crippen molar-refractivity contribution in [3.63, 3.8) is 0 Å². The van der Waals surface area contributed by atoms with Crippen LogP contribution in [0.25, 0.3) is 34.3 Å². The lowest BCUT2D eigenvalue weighted by molar-refractivity contribution is 0.287. The number of aromatic nitrogens is 4. The van der Waals surface area contributed by atoms with Crippen molar-refractivity contribution in [2.75, 3.05) is 19.4 Å². The van der Waals surface area contributed by atoms with Crippen molar-refractivity contribution in [3.05, 3.63) is 60.3 Å². The maximum Gasteiger partial charge on any atom is 0.270 e. The van der Waals surface area contributed by atoms with Gasteiger partial charge >= 0.3 is 0 Å². The Balaban J connectivity index is 1.57. The van der Waals surface area contributed by atoms with Gasteiger partial charge in [0.15, 0.2) is 16.4 Å². The fraction of sp³-hybridized carbons (Fsp3) is 0.250. The normalized spacial score (nSPS) is 13.1. The highest BCUT2D eigenvalue weighted by atomic mass is 32.2. The van der Waals surface area contributed by atoms with Gasteiger partial charge in [0, 0.05) is 30.7 Å². The van der Waals surface area contributed by atoms with Crippen molar-refractivity contribution in [1.29, 1.82) is 0 Å². The Labute approximate surface area is 200 Å². The highest BCUT2D eigenvalue weighted by Gasteiger charge is 2.20. The van der Waals surface area contributed by atoms with Gasteiger partial charge in [0.05, 0.1) is 11.9 Å². The standard InChI is InChI=1S/C24H26N6O3S/c1-15(11-12-31)34(32)19-9-7-17(8-10-19)20-14-27-22(25)21(28-20)24-30-29-23(33-24)18-5-3-16(4-6-18)13-26-2/h3-10,14-15,26,31H,11-13H2,1-2H3,(H2,25,27). The van der Waals surface area contributed by atoms with Gasteiger partial charge in [-0.15, -0.1) is 10.2 Å². The monoisotopic (exact) mass is 478 g/mol. The SMILES string of the molecule is CNCc1ccc(-c2nnc(-c3nc(-c4ccc([S+]([O-])C(C)CCO)cc4)cnc3N)o2)cc1. The molecule has 0 aliphatic rings. The number of nitrogens with two attached hydrogens (primary N) is 1. The van der Waals surface area contributed by atoms with Crippen LogP contribution in [0.5, 0.6) is 0 Å².